The molecule has 136 valence electrons. The SMILES string of the molecule is O=C1c2ccccc2C(Nc2ccccc2C(F)(F)F)N1c1ccccn1. The first-order valence-corrected chi connectivity index (χ1v) is 8.23. The van der Waals surface area contributed by atoms with Crippen LogP contribution in [0, 0.1) is 0 Å². The molecule has 0 spiro atoms. The molecule has 0 bridgehead atoms. The zero-order valence-electron chi connectivity index (χ0n) is 13.9. The second-order valence-corrected chi connectivity index (χ2v) is 6.04. The van der Waals surface area contributed by atoms with Gasteiger partial charge in [0, 0.05) is 23.0 Å². The number of aromatic nitrogens is 1. The number of rotatable bonds is 3. The van der Waals surface area contributed by atoms with Gasteiger partial charge in [0.1, 0.15) is 12.0 Å². The lowest BCUT2D eigenvalue weighted by Crippen LogP contribution is -2.33. The molecule has 0 saturated heterocycles. The molecule has 0 fully saturated rings. The summed E-state index contributed by atoms with van der Waals surface area (Å²) in [5.74, 6) is 0.0481. The third kappa shape index (κ3) is 3.01. The second kappa shape index (κ2) is 6.42. The molecule has 0 aliphatic carbocycles. The highest BCUT2D eigenvalue weighted by molar-refractivity contribution is 6.11. The van der Waals surface area contributed by atoms with Crippen molar-refractivity contribution < 1.29 is 18.0 Å². The van der Waals surface area contributed by atoms with Gasteiger partial charge in [-0.25, -0.2) is 4.98 Å². The van der Waals surface area contributed by atoms with Crippen molar-refractivity contribution >= 4 is 17.4 Å². The van der Waals surface area contributed by atoms with E-state index in [-0.39, 0.29) is 11.6 Å². The number of alkyl halides is 3. The Labute approximate surface area is 153 Å². The maximum absolute atomic E-state index is 13.4. The van der Waals surface area contributed by atoms with Crippen molar-refractivity contribution in [2.75, 3.05) is 10.2 Å². The average molecular weight is 369 g/mol. The summed E-state index contributed by atoms with van der Waals surface area (Å²) in [6, 6.07) is 17.1. The number of carbonyl (C=O) groups is 1. The minimum atomic E-state index is -4.51. The summed E-state index contributed by atoms with van der Waals surface area (Å²) in [5, 5.41) is 2.90. The van der Waals surface area contributed by atoms with Gasteiger partial charge in [-0.1, -0.05) is 36.4 Å². The fourth-order valence-electron chi connectivity index (χ4n) is 3.19. The monoisotopic (exact) mass is 369 g/mol. The van der Waals surface area contributed by atoms with Crippen molar-refractivity contribution in [2.45, 2.75) is 12.3 Å². The highest BCUT2D eigenvalue weighted by Crippen LogP contribution is 2.40. The molecule has 3 aromatic rings. The van der Waals surface area contributed by atoms with E-state index in [1.165, 1.54) is 29.3 Å². The minimum absolute atomic E-state index is 0.0968. The number of amides is 1. The summed E-state index contributed by atoms with van der Waals surface area (Å²) in [6.07, 6.45) is -3.78. The number of nitrogens with one attached hydrogen (secondary N) is 1. The van der Waals surface area contributed by atoms with Crippen molar-refractivity contribution in [1.29, 1.82) is 0 Å². The van der Waals surface area contributed by atoms with Gasteiger partial charge < -0.3 is 5.32 Å². The fraction of sp³-hybridized carbons (Fsp3) is 0.100. The standard InChI is InChI=1S/C20H14F3N3O/c21-20(22,23)15-9-3-4-10-16(15)25-18-13-7-1-2-8-14(13)19(27)26(18)17-11-5-6-12-24-17/h1-12,18,25H. The number of benzene rings is 2. The molecule has 2 heterocycles. The van der Waals surface area contributed by atoms with Gasteiger partial charge in [0.25, 0.3) is 5.91 Å². The van der Waals surface area contributed by atoms with E-state index in [0.717, 1.165) is 6.07 Å². The van der Waals surface area contributed by atoms with Crippen LogP contribution in [0.4, 0.5) is 24.7 Å². The lowest BCUT2D eigenvalue weighted by atomic mass is 10.1. The number of carbonyl (C=O) groups excluding carboxylic acids is 1. The number of fused-ring (bicyclic) bond motifs is 1. The topological polar surface area (TPSA) is 45.2 Å². The van der Waals surface area contributed by atoms with E-state index in [9.17, 15) is 18.0 Å². The van der Waals surface area contributed by atoms with Crippen LogP contribution in [0.5, 0.6) is 0 Å². The molecule has 1 unspecified atom stereocenters. The third-order valence-electron chi connectivity index (χ3n) is 4.38. The van der Waals surface area contributed by atoms with Gasteiger partial charge in [0.15, 0.2) is 0 Å². The highest BCUT2D eigenvalue weighted by atomic mass is 19.4. The largest absolute Gasteiger partial charge is 0.418 e. The molecular weight excluding hydrogens is 355 g/mol. The molecule has 0 radical (unpaired) electrons. The maximum Gasteiger partial charge on any atom is 0.418 e. The molecule has 1 amide bonds. The Morgan fingerprint density at radius 1 is 0.926 bits per heavy atom. The Morgan fingerprint density at radius 2 is 1.63 bits per heavy atom. The number of pyridine rings is 1. The molecule has 7 heteroatoms. The molecule has 1 aliphatic rings. The number of para-hydroxylation sites is 1. The second-order valence-electron chi connectivity index (χ2n) is 6.04. The third-order valence-corrected chi connectivity index (χ3v) is 4.38. The van der Waals surface area contributed by atoms with Crippen molar-refractivity contribution in [3.05, 3.63) is 89.6 Å². The van der Waals surface area contributed by atoms with E-state index < -0.39 is 17.9 Å². The summed E-state index contributed by atoms with van der Waals surface area (Å²) < 4.78 is 40.1. The first kappa shape index (κ1) is 17.1. The quantitative estimate of drug-likeness (QED) is 0.716. The zero-order chi connectivity index (χ0) is 19.0. The number of anilines is 2. The predicted octanol–water partition coefficient (Wildman–Crippen LogP) is 4.87. The Hall–Kier alpha value is -3.35. The Bertz CT molecular complexity index is 989. The summed E-state index contributed by atoms with van der Waals surface area (Å²) in [5.41, 5.74) is 0.151. The van der Waals surface area contributed by atoms with Crippen molar-refractivity contribution in [2.24, 2.45) is 0 Å². The summed E-state index contributed by atoms with van der Waals surface area (Å²) in [4.78, 5) is 18.5. The van der Waals surface area contributed by atoms with Crippen LogP contribution in [0.3, 0.4) is 0 Å². The summed E-state index contributed by atoms with van der Waals surface area (Å²) in [7, 11) is 0. The molecule has 1 aromatic heterocycles. The van der Waals surface area contributed by atoms with Crippen molar-refractivity contribution in [3.8, 4) is 0 Å². The predicted molar refractivity (Wildman–Crippen MR) is 95.3 cm³/mol. The van der Waals surface area contributed by atoms with E-state index in [2.05, 4.69) is 10.3 Å². The van der Waals surface area contributed by atoms with Gasteiger partial charge in [-0.2, -0.15) is 13.2 Å². The Kier molecular flexibility index (Phi) is 4.07. The van der Waals surface area contributed by atoms with Crippen LogP contribution in [0.15, 0.2) is 72.9 Å². The maximum atomic E-state index is 13.4. The number of hydrogen-bond acceptors (Lipinski definition) is 3. The smallest absolute Gasteiger partial charge is 0.361 e. The minimum Gasteiger partial charge on any atom is -0.361 e. The first-order valence-electron chi connectivity index (χ1n) is 8.23. The lowest BCUT2D eigenvalue weighted by Gasteiger charge is -2.27. The normalized spacial score (nSPS) is 16.3. The number of nitrogens with zero attached hydrogens (tertiary/aromatic N) is 2. The first-order chi connectivity index (χ1) is 13.0. The van der Waals surface area contributed by atoms with E-state index >= 15 is 0 Å². The van der Waals surface area contributed by atoms with Crippen molar-refractivity contribution in [1.82, 2.24) is 4.98 Å². The van der Waals surface area contributed by atoms with Gasteiger partial charge in [0.05, 0.1) is 5.56 Å². The van der Waals surface area contributed by atoms with Crippen LogP contribution >= 0.6 is 0 Å². The van der Waals surface area contributed by atoms with Gasteiger partial charge in [0.2, 0.25) is 0 Å². The number of hydrogen-bond donors (Lipinski definition) is 1. The molecule has 4 nitrogen and oxygen atoms in total. The van der Waals surface area contributed by atoms with Crippen LogP contribution in [0.25, 0.3) is 0 Å². The Balaban J connectivity index is 1.81. The van der Waals surface area contributed by atoms with Gasteiger partial charge in [-0.05, 0) is 30.3 Å². The zero-order valence-corrected chi connectivity index (χ0v) is 13.9. The summed E-state index contributed by atoms with van der Waals surface area (Å²) >= 11 is 0. The van der Waals surface area contributed by atoms with Gasteiger partial charge >= 0.3 is 6.18 Å². The lowest BCUT2D eigenvalue weighted by molar-refractivity contribution is -0.137. The van der Waals surface area contributed by atoms with Crippen LogP contribution in [-0.4, -0.2) is 10.9 Å². The van der Waals surface area contributed by atoms with Crippen LogP contribution in [-0.2, 0) is 6.18 Å². The Morgan fingerprint density at radius 3 is 2.37 bits per heavy atom. The molecule has 0 saturated carbocycles. The highest BCUT2D eigenvalue weighted by Gasteiger charge is 2.40. The van der Waals surface area contributed by atoms with Gasteiger partial charge in [-0.15, -0.1) is 0 Å². The fourth-order valence-corrected chi connectivity index (χ4v) is 3.19. The van der Waals surface area contributed by atoms with Gasteiger partial charge in [-0.3, -0.25) is 9.69 Å². The van der Waals surface area contributed by atoms with E-state index in [0.29, 0.717) is 16.9 Å². The molecule has 2 aromatic carbocycles. The van der Waals surface area contributed by atoms with E-state index in [4.69, 9.17) is 0 Å². The average Bonchev–Trinajstić information content (AvgIpc) is 2.94. The van der Waals surface area contributed by atoms with E-state index in [1.807, 2.05) is 0 Å². The summed E-state index contributed by atoms with van der Waals surface area (Å²) in [6.45, 7) is 0. The van der Waals surface area contributed by atoms with E-state index in [1.54, 1.807) is 42.5 Å². The molecule has 1 aliphatic heterocycles. The number of halogens is 3. The van der Waals surface area contributed by atoms with Crippen LogP contribution in [0.2, 0.25) is 0 Å². The van der Waals surface area contributed by atoms with Crippen molar-refractivity contribution in [3.63, 3.8) is 0 Å². The molecule has 1 N–H and O–H groups in total. The molecule has 1 atom stereocenters. The van der Waals surface area contributed by atoms with Crippen LogP contribution in [0.1, 0.15) is 27.7 Å². The molecule has 27 heavy (non-hydrogen) atoms. The molecule has 4 rings (SSSR count). The van der Waals surface area contributed by atoms with Crippen LogP contribution < -0.4 is 10.2 Å². The molecular formula is C20H14F3N3O.